The van der Waals surface area contributed by atoms with E-state index in [2.05, 4.69) is 105 Å². The standard InChI is InChI=1S/C31H39N3.C4H4O4/c1-22-9-10-29(27(6)26(22)5)8-7-13-33-14-16-34(17-15-33)21-28-11-12-32-31(20-28)30-18-23(2)25(4)24(3)19-30;5-3(6)1-2-4(7)8/h7-12,18-20H,13-17,21H2,1-6H3;1-2H,(H,5,6)(H,7,8)/b8-7+;2-1-. The highest BCUT2D eigenvalue weighted by molar-refractivity contribution is 5.89. The third-order valence-corrected chi connectivity index (χ3v) is 8.05. The molecule has 222 valence electrons. The first-order chi connectivity index (χ1) is 19.9. The molecule has 3 aromatic rings. The summed E-state index contributed by atoms with van der Waals surface area (Å²) < 4.78 is 0. The molecule has 0 amide bonds. The summed E-state index contributed by atoms with van der Waals surface area (Å²) in [5.74, 6) is -2.51. The summed E-state index contributed by atoms with van der Waals surface area (Å²) >= 11 is 0. The monoisotopic (exact) mass is 569 g/mol. The highest BCUT2D eigenvalue weighted by Gasteiger charge is 2.16. The zero-order valence-corrected chi connectivity index (χ0v) is 25.6. The molecular formula is C35H43N3O4. The van der Waals surface area contributed by atoms with Crippen molar-refractivity contribution in [3.8, 4) is 11.3 Å². The smallest absolute Gasteiger partial charge is 0.328 e. The number of hydrogen-bond acceptors (Lipinski definition) is 5. The molecule has 1 saturated heterocycles. The van der Waals surface area contributed by atoms with Crippen molar-refractivity contribution >= 4 is 18.0 Å². The number of aliphatic carboxylic acids is 2. The molecule has 4 rings (SSSR count). The average Bonchev–Trinajstić information content (AvgIpc) is 2.96. The van der Waals surface area contributed by atoms with Gasteiger partial charge in [0.05, 0.1) is 5.69 Å². The van der Waals surface area contributed by atoms with E-state index in [1.807, 2.05) is 6.20 Å². The number of nitrogens with zero attached hydrogens (tertiary/aromatic N) is 3. The van der Waals surface area contributed by atoms with Gasteiger partial charge in [-0.1, -0.05) is 24.3 Å². The molecule has 1 aliphatic rings. The molecule has 0 radical (unpaired) electrons. The summed E-state index contributed by atoms with van der Waals surface area (Å²) in [6, 6.07) is 13.4. The van der Waals surface area contributed by atoms with Crippen molar-refractivity contribution in [2.24, 2.45) is 0 Å². The van der Waals surface area contributed by atoms with Crippen LogP contribution in [0.25, 0.3) is 17.3 Å². The largest absolute Gasteiger partial charge is 0.478 e. The van der Waals surface area contributed by atoms with Crippen LogP contribution in [0.3, 0.4) is 0 Å². The third-order valence-electron chi connectivity index (χ3n) is 8.05. The lowest BCUT2D eigenvalue weighted by Gasteiger charge is -2.34. The zero-order valence-electron chi connectivity index (χ0n) is 25.6. The lowest BCUT2D eigenvalue weighted by molar-refractivity contribution is -0.134. The predicted octanol–water partition coefficient (Wildman–Crippen LogP) is 6.14. The minimum Gasteiger partial charge on any atom is -0.478 e. The van der Waals surface area contributed by atoms with E-state index < -0.39 is 11.9 Å². The van der Waals surface area contributed by atoms with Crippen LogP contribution in [-0.2, 0) is 16.1 Å². The number of carboxylic acid groups (broad SMARTS) is 2. The minimum atomic E-state index is -1.26. The number of pyridine rings is 1. The van der Waals surface area contributed by atoms with Crippen molar-refractivity contribution in [3.63, 3.8) is 0 Å². The minimum absolute atomic E-state index is 0.558. The molecule has 0 saturated carbocycles. The van der Waals surface area contributed by atoms with Crippen LogP contribution >= 0.6 is 0 Å². The Hall–Kier alpha value is -4.07. The fourth-order valence-corrected chi connectivity index (χ4v) is 4.93. The molecule has 0 unspecified atom stereocenters. The van der Waals surface area contributed by atoms with Gasteiger partial charge in [0.1, 0.15) is 0 Å². The molecule has 0 atom stereocenters. The second-order valence-electron chi connectivity index (χ2n) is 11.0. The van der Waals surface area contributed by atoms with Gasteiger partial charge >= 0.3 is 11.9 Å². The zero-order chi connectivity index (χ0) is 30.8. The maximum atomic E-state index is 9.55. The van der Waals surface area contributed by atoms with Crippen molar-refractivity contribution in [1.29, 1.82) is 0 Å². The first kappa shape index (κ1) is 32.4. The van der Waals surface area contributed by atoms with Gasteiger partial charge in [0.15, 0.2) is 0 Å². The first-order valence-electron chi connectivity index (χ1n) is 14.3. The van der Waals surface area contributed by atoms with E-state index in [0.29, 0.717) is 12.2 Å². The molecule has 2 N–H and O–H groups in total. The summed E-state index contributed by atoms with van der Waals surface area (Å²) in [6.45, 7) is 19.7. The number of hydrogen-bond donors (Lipinski definition) is 2. The van der Waals surface area contributed by atoms with Gasteiger partial charge in [-0.05, 0) is 110 Å². The van der Waals surface area contributed by atoms with Crippen molar-refractivity contribution in [2.45, 2.75) is 48.1 Å². The molecule has 1 aliphatic heterocycles. The van der Waals surface area contributed by atoms with E-state index in [0.717, 1.165) is 45.0 Å². The molecule has 0 aliphatic carbocycles. The Bertz CT molecular complexity index is 1430. The van der Waals surface area contributed by atoms with Gasteiger partial charge in [-0.2, -0.15) is 0 Å². The fraction of sp³-hybridized carbons (Fsp3) is 0.343. The van der Waals surface area contributed by atoms with Crippen LogP contribution in [0.2, 0.25) is 0 Å². The van der Waals surface area contributed by atoms with Crippen LogP contribution in [0.1, 0.15) is 44.5 Å². The molecule has 0 bridgehead atoms. The summed E-state index contributed by atoms with van der Waals surface area (Å²) in [5.41, 5.74) is 13.2. The Kier molecular flexibility index (Phi) is 11.8. The molecule has 1 fully saturated rings. The molecule has 2 aromatic carbocycles. The van der Waals surface area contributed by atoms with Crippen molar-refractivity contribution in [1.82, 2.24) is 14.8 Å². The number of benzene rings is 2. The summed E-state index contributed by atoms with van der Waals surface area (Å²) in [4.78, 5) is 28.9. The Morgan fingerprint density at radius 2 is 1.36 bits per heavy atom. The number of piperazine rings is 1. The number of carbonyl (C=O) groups is 2. The van der Waals surface area contributed by atoms with E-state index in [1.54, 1.807) is 0 Å². The van der Waals surface area contributed by atoms with Gasteiger partial charge in [-0.3, -0.25) is 14.8 Å². The molecule has 7 heteroatoms. The molecule has 2 heterocycles. The van der Waals surface area contributed by atoms with Crippen LogP contribution in [-0.4, -0.2) is 69.7 Å². The molecule has 7 nitrogen and oxygen atoms in total. The van der Waals surface area contributed by atoms with Crippen LogP contribution in [0.15, 0.2) is 60.8 Å². The number of aryl methyl sites for hydroxylation is 3. The van der Waals surface area contributed by atoms with Gasteiger partial charge in [0, 0.05) is 63.2 Å². The Labute approximate surface area is 249 Å². The Balaban J connectivity index is 0.000000531. The van der Waals surface area contributed by atoms with Gasteiger partial charge in [0.2, 0.25) is 0 Å². The van der Waals surface area contributed by atoms with Crippen molar-refractivity contribution in [2.75, 3.05) is 32.7 Å². The highest BCUT2D eigenvalue weighted by atomic mass is 16.4. The molecular weight excluding hydrogens is 526 g/mol. The van der Waals surface area contributed by atoms with Crippen LogP contribution < -0.4 is 0 Å². The Morgan fingerprint density at radius 1 is 0.762 bits per heavy atom. The van der Waals surface area contributed by atoms with Crippen LogP contribution in [0.4, 0.5) is 0 Å². The molecule has 42 heavy (non-hydrogen) atoms. The Morgan fingerprint density at radius 3 is 1.95 bits per heavy atom. The maximum absolute atomic E-state index is 9.55. The summed E-state index contributed by atoms with van der Waals surface area (Å²) in [7, 11) is 0. The number of aromatic nitrogens is 1. The fourth-order valence-electron chi connectivity index (χ4n) is 4.93. The van der Waals surface area contributed by atoms with Crippen molar-refractivity contribution in [3.05, 3.63) is 105 Å². The van der Waals surface area contributed by atoms with Gasteiger partial charge in [0.25, 0.3) is 0 Å². The highest BCUT2D eigenvalue weighted by Crippen LogP contribution is 2.24. The van der Waals surface area contributed by atoms with E-state index in [9.17, 15) is 9.59 Å². The van der Waals surface area contributed by atoms with Crippen molar-refractivity contribution < 1.29 is 19.8 Å². The SMILES string of the molecule is Cc1cc(-c2cc(CN3CCN(C/C=C/c4ccc(C)c(C)c4C)CC3)ccn2)cc(C)c1C.O=C(O)/C=C\C(=O)O. The summed E-state index contributed by atoms with van der Waals surface area (Å²) in [6.07, 6.45) is 7.70. The lowest BCUT2D eigenvalue weighted by atomic mass is 9.98. The van der Waals surface area contributed by atoms with E-state index in [4.69, 9.17) is 10.2 Å². The second-order valence-corrected chi connectivity index (χ2v) is 11.0. The lowest BCUT2D eigenvalue weighted by Crippen LogP contribution is -2.45. The van der Waals surface area contributed by atoms with E-state index >= 15 is 0 Å². The first-order valence-corrected chi connectivity index (χ1v) is 14.3. The number of rotatable bonds is 8. The van der Waals surface area contributed by atoms with Gasteiger partial charge in [-0.25, -0.2) is 9.59 Å². The van der Waals surface area contributed by atoms with Gasteiger partial charge < -0.3 is 10.2 Å². The van der Waals surface area contributed by atoms with E-state index in [-0.39, 0.29) is 0 Å². The van der Waals surface area contributed by atoms with E-state index in [1.165, 1.54) is 50.1 Å². The average molecular weight is 570 g/mol. The number of carboxylic acids is 2. The van der Waals surface area contributed by atoms with Crippen LogP contribution in [0.5, 0.6) is 0 Å². The molecule has 0 spiro atoms. The quantitative estimate of drug-likeness (QED) is 0.315. The maximum Gasteiger partial charge on any atom is 0.328 e. The predicted molar refractivity (Wildman–Crippen MR) is 170 cm³/mol. The normalized spacial score (nSPS) is 14.2. The topological polar surface area (TPSA) is 94.0 Å². The second kappa shape index (κ2) is 15.2. The summed E-state index contributed by atoms with van der Waals surface area (Å²) in [5, 5.41) is 15.6. The molecule has 1 aromatic heterocycles. The third kappa shape index (κ3) is 9.50. The van der Waals surface area contributed by atoms with Gasteiger partial charge in [-0.15, -0.1) is 0 Å². The van der Waals surface area contributed by atoms with Crippen LogP contribution in [0, 0.1) is 41.5 Å².